The lowest BCUT2D eigenvalue weighted by atomic mass is 10.3. The molecule has 0 fully saturated rings. The van der Waals surface area contributed by atoms with Crippen LogP contribution in [0.25, 0.3) is 0 Å². The third kappa shape index (κ3) is 2.48. The first-order chi connectivity index (χ1) is 6.45. The van der Waals surface area contributed by atoms with Crippen molar-refractivity contribution >= 4 is 13.2 Å². The minimum absolute atomic E-state index is 0.0802. The van der Waals surface area contributed by atoms with Crippen molar-refractivity contribution in [3.8, 4) is 0 Å². The fourth-order valence-corrected chi connectivity index (χ4v) is 2.10. The molecule has 0 aromatic heterocycles. The average molecular weight is 215 g/mol. The molecule has 0 aliphatic carbocycles. The number of amides is 1. The molecular formula is C9H14NO3P. The summed E-state index contributed by atoms with van der Waals surface area (Å²) in [7, 11) is -0.839. The van der Waals surface area contributed by atoms with Crippen LogP contribution < -0.4 is 0 Å². The van der Waals surface area contributed by atoms with E-state index in [2.05, 4.69) is 4.74 Å². The van der Waals surface area contributed by atoms with E-state index in [1.165, 1.54) is 12.0 Å². The molecule has 0 unspecified atom stereocenters. The first kappa shape index (κ1) is 11.1. The number of nitrogens with zero attached hydrogens (tertiary/aromatic N) is 1. The first-order valence-electron chi connectivity index (χ1n) is 4.23. The highest BCUT2D eigenvalue weighted by Crippen LogP contribution is 2.44. The Morgan fingerprint density at radius 2 is 1.86 bits per heavy atom. The predicted octanol–water partition coefficient (Wildman–Crippen LogP) is 2.09. The summed E-state index contributed by atoms with van der Waals surface area (Å²) < 4.78 is 16.2. The number of hydrogen-bond acceptors (Lipinski definition) is 3. The van der Waals surface area contributed by atoms with E-state index in [9.17, 15) is 9.36 Å². The second kappa shape index (κ2) is 4.01. The molecule has 0 aromatic rings. The molecule has 1 aliphatic rings. The highest BCUT2D eigenvalue weighted by atomic mass is 31.2. The van der Waals surface area contributed by atoms with Crippen LogP contribution in [0.5, 0.6) is 0 Å². The van der Waals surface area contributed by atoms with Crippen LogP contribution in [0.3, 0.4) is 0 Å². The third-order valence-corrected chi connectivity index (χ3v) is 3.77. The number of ether oxygens (including phenoxy) is 1. The molecule has 1 heterocycles. The van der Waals surface area contributed by atoms with Gasteiger partial charge in [-0.25, -0.2) is 4.79 Å². The molecule has 78 valence electrons. The van der Waals surface area contributed by atoms with Crippen LogP contribution in [0.4, 0.5) is 4.79 Å². The second-order valence-electron chi connectivity index (χ2n) is 3.49. The van der Waals surface area contributed by atoms with Gasteiger partial charge in [0.2, 0.25) is 0 Å². The van der Waals surface area contributed by atoms with Gasteiger partial charge < -0.3 is 9.30 Å². The smallest absolute Gasteiger partial charge is 0.417 e. The number of rotatable bonds is 1. The fourth-order valence-electron chi connectivity index (χ4n) is 1.12. The molecule has 0 aromatic carbocycles. The van der Waals surface area contributed by atoms with Crippen molar-refractivity contribution in [2.75, 3.05) is 20.4 Å². The van der Waals surface area contributed by atoms with Gasteiger partial charge in [0, 0.05) is 12.4 Å². The normalized spacial score (nSPS) is 17.2. The summed E-state index contributed by atoms with van der Waals surface area (Å²) in [5, 5.41) is 0. The zero-order valence-electron chi connectivity index (χ0n) is 8.51. The maximum atomic E-state index is 11.7. The molecule has 0 N–H and O–H groups in total. The van der Waals surface area contributed by atoms with Gasteiger partial charge in [-0.2, -0.15) is 0 Å². The van der Waals surface area contributed by atoms with Gasteiger partial charge in [0.05, 0.1) is 19.9 Å². The fraction of sp³-hybridized carbons (Fsp3) is 0.444. The van der Waals surface area contributed by atoms with Gasteiger partial charge in [-0.3, -0.25) is 4.90 Å². The molecule has 4 nitrogen and oxygen atoms in total. The van der Waals surface area contributed by atoms with Crippen LogP contribution in [0.15, 0.2) is 24.6 Å². The zero-order valence-corrected chi connectivity index (χ0v) is 9.40. The second-order valence-corrected chi connectivity index (χ2v) is 6.95. The molecule has 14 heavy (non-hydrogen) atoms. The Kier molecular flexibility index (Phi) is 3.17. The van der Waals surface area contributed by atoms with Gasteiger partial charge in [-0.05, 0) is 13.3 Å². The van der Waals surface area contributed by atoms with Crippen LogP contribution >= 0.6 is 7.14 Å². The summed E-state index contributed by atoms with van der Waals surface area (Å²) >= 11 is 0. The minimum atomic E-state index is -2.16. The topological polar surface area (TPSA) is 46.6 Å². The molecule has 0 radical (unpaired) electrons. The SMILES string of the molecule is COC(=O)N1C=CC(P(C)(C)=O)C=C1. The summed E-state index contributed by atoms with van der Waals surface area (Å²) in [5.41, 5.74) is -0.0802. The zero-order chi connectivity index (χ0) is 10.8. The Morgan fingerprint density at radius 1 is 1.36 bits per heavy atom. The van der Waals surface area contributed by atoms with Crippen molar-refractivity contribution in [3.63, 3.8) is 0 Å². The Bertz CT molecular complexity index is 315. The lowest BCUT2D eigenvalue weighted by Crippen LogP contribution is -2.23. The van der Waals surface area contributed by atoms with Gasteiger partial charge in [0.15, 0.2) is 0 Å². The molecule has 1 rings (SSSR count). The number of methoxy groups -OCH3 is 1. The Morgan fingerprint density at radius 3 is 2.21 bits per heavy atom. The van der Waals surface area contributed by atoms with Crippen molar-refractivity contribution in [3.05, 3.63) is 24.6 Å². The summed E-state index contributed by atoms with van der Waals surface area (Å²) in [6.45, 7) is 3.44. The highest BCUT2D eigenvalue weighted by molar-refractivity contribution is 7.63. The van der Waals surface area contributed by atoms with Crippen LogP contribution in [0, 0.1) is 0 Å². The molecule has 1 aliphatic heterocycles. The van der Waals surface area contributed by atoms with Gasteiger partial charge in [0.25, 0.3) is 0 Å². The van der Waals surface area contributed by atoms with Gasteiger partial charge >= 0.3 is 6.09 Å². The van der Waals surface area contributed by atoms with Crippen molar-refractivity contribution < 1.29 is 14.1 Å². The molecule has 0 spiro atoms. The molecule has 0 atom stereocenters. The molecular weight excluding hydrogens is 201 g/mol. The third-order valence-electron chi connectivity index (χ3n) is 1.99. The van der Waals surface area contributed by atoms with E-state index in [-0.39, 0.29) is 5.66 Å². The van der Waals surface area contributed by atoms with Crippen molar-refractivity contribution in [2.45, 2.75) is 5.66 Å². The minimum Gasteiger partial charge on any atom is -0.452 e. The van der Waals surface area contributed by atoms with Crippen molar-refractivity contribution in [1.29, 1.82) is 0 Å². The van der Waals surface area contributed by atoms with Crippen molar-refractivity contribution in [1.82, 2.24) is 4.90 Å². The van der Waals surface area contributed by atoms with Crippen LogP contribution in [0.2, 0.25) is 0 Å². The number of hydrogen-bond donors (Lipinski definition) is 0. The Hall–Kier alpha value is -1.02. The van der Waals surface area contributed by atoms with E-state index < -0.39 is 13.2 Å². The van der Waals surface area contributed by atoms with E-state index in [1.807, 2.05) is 0 Å². The average Bonchev–Trinajstić information content (AvgIpc) is 2.15. The largest absolute Gasteiger partial charge is 0.452 e. The summed E-state index contributed by atoms with van der Waals surface area (Å²) in [6.07, 6.45) is 6.21. The van der Waals surface area contributed by atoms with E-state index in [4.69, 9.17) is 0 Å². The van der Waals surface area contributed by atoms with Gasteiger partial charge in [-0.15, -0.1) is 0 Å². The van der Waals surface area contributed by atoms with E-state index in [0.29, 0.717) is 0 Å². The lowest BCUT2D eigenvalue weighted by molar-refractivity contribution is 0.151. The standard InChI is InChI=1S/C9H14NO3P/c1-13-9(11)10-6-4-8(5-7-10)14(2,3)12/h4-8H,1-3H3. The predicted molar refractivity (Wildman–Crippen MR) is 55.8 cm³/mol. The van der Waals surface area contributed by atoms with E-state index in [0.717, 1.165) is 0 Å². The summed E-state index contributed by atoms with van der Waals surface area (Å²) in [4.78, 5) is 12.4. The van der Waals surface area contributed by atoms with E-state index in [1.54, 1.807) is 37.9 Å². The molecule has 0 saturated heterocycles. The first-order valence-corrected chi connectivity index (χ1v) is 6.90. The maximum Gasteiger partial charge on any atom is 0.417 e. The quantitative estimate of drug-likeness (QED) is 0.629. The monoisotopic (exact) mass is 215 g/mol. The lowest BCUT2D eigenvalue weighted by Gasteiger charge is -2.21. The van der Waals surface area contributed by atoms with Crippen molar-refractivity contribution in [2.24, 2.45) is 0 Å². The van der Waals surface area contributed by atoms with Crippen LogP contribution in [-0.2, 0) is 9.30 Å². The maximum absolute atomic E-state index is 11.7. The molecule has 1 amide bonds. The number of carbonyl (C=O) groups excluding carboxylic acids is 1. The highest BCUT2D eigenvalue weighted by Gasteiger charge is 2.21. The molecule has 0 saturated carbocycles. The summed E-state index contributed by atoms with van der Waals surface area (Å²) in [5.74, 6) is 0. The van der Waals surface area contributed by atoms with Crippen LogP contribution in [0.1, 0.15) is 0 Å². The van der Waals surface area contributed by atoms with E-state index >= 15 is 0 Å². The summed E-state index contributed by atoms with van der Waals surface area (Å²) in [6, 6.07) is 0. The number of allylic oxidation sites excluding steroid dienone is 2. The van der Waals surface area contributed by atoms with Gasteiger partial charge in [0.1, 0.15) is 0 Å². The number of carbonyl (C=O) groups is 1. The van der Waals surface area contributed by atoms with Crippen LogP contribution in [-0.4, -0.2) is 37.1 Å². The van der Waals surface area contributed by atoms with Gasteiger partial charge in [-0.1, -0.05) is 12.2 Å². The molecule has 0 bridgehead atoms. The Labute approximate surface area is 83.6 Å². The Balaban J connectivity index is 2.71. The molecule has 5 heteroatoms.